The number of carbonyl (C=O) groups excluding carboxylic acids is 2. The van der Waals surface area contributed by atoms with Gasteiger partial charge in [0.25, 0.3) is 5.91 Å². The molecular formula is C20H15ClFNO3. The van der Waals surface area contributed by atoms with Gasteiger partial charge >= 0.3 is 5.97 Å². The maximum Gasteiger partial charge on any atom is 0.343 e. The predicted octanol–water partition coefficient (Wildman–Crippen LogP) is 4.82. The van der Waals surface area contributed by atoms with Crippen LogP contribution in [0.25, 0.3) is 10.8 Å². The van der Waals surface area contributed by atoms with Crippen LogP contribution >= 0.6 is 11.6 Å². The van der Waals surface area contributed by atoms with Gasteiger partial charge in [-0.15, -0.1) is 0 Å². The van der Waals surface area contributed by atoms with Crippen LogP contribution < -0.4 is 5.32 Å². The zero-order valence-corrected chi connectivity index (χ0v) is 14.6. The lowest BCUT2D eigenvalue weighted by atomic mass is 10.1. The highest BCUT2D eigenvalue weighted by molar-refractivity contribution is 6.33. The summed E-state index contributed by atoms with van der Waals surface area (Å²) in [5, 5.41) is 4.48. The number of hydrogen-bond acceptors (Lipinski definition) is 3. The van der Waals surface area contributed by atoms with Gasteiger partial charge in [0, 0.05) is 11.1 Å². The van der Waals surface area contributed by atoms with E-state index in [2.05, 4.69) is 5.32 Å². The molecule has 0 aliphatic heterocycles. The van der Waals surface area contributed by atoms with Crippen LogP contribution in [0.5, 0.6) is 0 Å². The first kappa shape index (κ1) is 17.9. The summed E-state index contributed by atoms with van der Waals surface area (Å²) in [5.74, 6) is -2.32. The van der Waals surface area contributed by atoms with Crippen LogP contribution in [0.3, 0.4) is 0 Å². The Kier molecular flexibility index (Phi) is 5.19. The number of fused-ring (bicyclic) bond motifs is 1. The summed E-state index contributed by atoms with van der Waals surface area (Å²) in [6.07, 6.45) is -1.13. The molecule has 1 amide bonds. The zero-order chi connectivity index (χ0) is 18.7. The number of esters is 1. The van der Waals surface area contributed by atoms with Crippen molar-refractivity contribution in [3.8, 4) is 0 Å². The third kappa shape index (κ3) is 3.68. The molecule has 132 valence electrons. The monoisotopic (exact) mass is 371 g/mol. The van der Waals surface area contributed by atoms with Gasteiger partial charge < -0.3 is 10.1 Å². The SMILES string of the molecule is C[C@H](OC(=O)c1c(F)cccc1Cl)C(=O)Nc1cccc2ccccc12. The fourth-order valence-electron chi connectivity index (χ4n) is 2.53. The summed E-state index contributed by atoms with van der Waals surface area (Å²) in [5.41, 5.74) is 0.207. The molecule has 3 rings (SSSR count). The molecule has 0 heterocycles. The summed E-state index contributed by atoms with van der Waals surface area (Å²) < 4.78 is 18.9. The Bertz CT molecular complexity index is 964. The average Bonchev–Trinajstić information content (AvgIpc) is 2.61. The number of carbonyl (C=O) groups is 2. The quantitative estimate of drug-likeness (QED) is 0.669. The predicted molar refractivity (Wildman–Crippen MR) is 98.9 cm³/mol. The number of halogens is 2. The van der Waals surface area contributed by atoms with Gasteiger partial charge in [-0.1, -0.05) is 54.1 Å². The van der Waals surface area contributed by atoms with Crippen molar-refractivity contribution in [2.24, 2.45) is 0 Å². The largest absolute Gasteiger partial charge is 0.449 e. The lowest BCUT2D eigenvalue weighted by Crippen LogP contribution is -2.30. The second kappa shape index (κ2) is 7.54. The van der Waals surface area contributed by atoms with Crippen LogP contribution in [0.1, 0.15) is 17.3 Å². The maximum atomic E-state index is 13.8. The van der Waals surface area contributed by atoms with Crippen molar-refractivity contribution >= 4 is 39.9 Å². The number of hydrogen-bond donors (Lipinski definition) is 1. The van der Waals surface area contributed by atoms with Gasteiger partial charge in [-0.05, 0) is 30.5 Å². The van der Waals surface area contributed by atoms with Gasteiger partial charge in [0.05, 0.1) is 5.02 Å². The fraction of sp³-hybridized carbons (Fsp3) is 0.100. The number of anilines is 1. The normalized spacial score (nSPS) is 11.8. The molecule has 1 atom stereocenters. The minimum Gasteiger partial charge on any atom is -0.449 e. The van der Waals surface area contributed by atoms with Crippen LogP contribution in [0.2, 0.25) is 5.02 Å². The van der Waals surface area contributed by atoms with Gasteiger partial charge in [0.1, 0.15) is 11.4 Å². The van der Waals surface area contributed by atoms with Gasteiger partial charge in [-0.3, -0.25) is 4.79 Å². The Morgan fingerprint density at radius 1 is 1.04 bits per heavy atom. The van der Waals surface area contributed by atoms with E-state index >= 15 is 0 Å². The molecule has 3 aromatic rings. The number of rotatable bonds is 4. The molecule has 0 saturated carbocycles. The Morgan fingerprint density at radius 3 is 2.50 bits per heavy atom. The highest BCUT2D eigenvalue weighted by atomic mass is 35.5. The molecule has 0 aromatic heterocycles. The molecule has 0 fully saturated rings. The highest BCUT2D eigenvalue weighted by Gasteiger charge is 2.23. The van der Waals surface area contributed by atoms with Crippen LogP contribution in [0.4, 0.5) is 10.1 Å². The summed E-state index contributed by atoms with van der Waals surface area (Å²) in [4.78, 5) is 24.5. The Morgan fingerprint density at radius 2 is 1.73 bits per heavy atom. The third-order valence-corrected chi connectivity index (χ3v) is 4.18. The molecule has 0 unspecified atom stereocenters. The molecule has 1 N–H and O–H groups in total. The van der Waals surface area contributed by atoms with Crippen LogP contribution in [-0.4, -0.2) is 18.0 Å². The first-order valence-electron chi connectivity index (χ1n) is 7.91. The van der Waals surface area contributed by atoms with Gasteiger partial charge in [-0.25, -0.2) is 9.18 Å². The summed E-state index contributed by atoms with van der Waals surface area (Å²) in [7, 11) is 0. The smallest absolute Gasteiger partial charge is 0.343 e. The molecule has 26 heavy (non-hydrogen) atoms. The van der Waals surface area contributed by atoms with Crippen molar-refractivity contribution in [2.75, 3.05) is 5.32 Å². The van der Waals surface area contributed by atoms with Crippen LogP contribution in [0, 0.1) is 5.82 Å². The van der Waals surface area contributed by atoms with Gasteiger partial charge in [0.15, 0.2) is 6.10 Å². The molecule has 0 aliphatic carbocycles. The minimum atomic E-state index is -1.13. The van der Waals surface area contributed by atoms with Gasteiger partial charge in [0.2, 0.25) is 0 Å². The molecule has 6 heteroatoms. The molecule has 0 aliphatic rings. The van der Waals surface area contributed by atoms with E-state index < -0.39 is 23.8 Å². The lowest BCUT2D eigenvalue weighted by Gasteiger charge is -2.15. The van der Waals surface area contributed by atoms with E-state index in [1.54, 1.807) is 6.07 Å². The first-order chi connectivity index (χ1) is 12.5. The molecule has 0 spiro atoms. The Hall–Kier alpha value is -2.92. The topological polar surface area (TPSA) is 55.4 Å². The number of benzene rings is 3. The van der Waals surface area contributed by atoms with Crippen LogP contribution in [0.15, 0.2) is 60.7 Å². The summed E-state index contributed by atoms with van der Waals surface area (Å²) >= 11 is 5.84. The Labute approximate surface area is 154 Å². The van der Waals surface area contributed by atoms with E-state index in [1.165, 1.54) is 19.1 Å². The van der Waals surface area contributed by atoms with E-state index in [1.807, 2.05) is 36.4 Å². The number of nitrogens with one attached hydrogen (secondary N) is 1. The standard InChI is InChI=1S/C20H15ClFNO3/c1-12(26-20(25)18-15(21)9-5-10-16(18)22)19(24)23-17-11-4-7-13-6-2-3-8-14(13)17/h2-12H,1H3,(H,23,24)/t12-/m0/s1. The van der Waals surface area contributed by atoms with E-state index in [0.717, 1.165) is 16.8 Å². The highest BCUT2D eigenvalue weighted by Crippen LogP contribution is 2.24. The van der Waals surface area contributed by atoms with Gasteiger partial charge in [-0.2, -0.15) is 0 Å². The third-order valence-electron chi connectivity index (χ3n) is 3.87. The average molecular weight is 372 g/mol. The maximum absolute atomic E-state index is 13.8. The van der Waals surface area contributed by atoms with Crippen molar-refractivity contribution in [2.45, 2.75) is 13.0 Å². The minimum absolute atomic E-state index is 0.0725. The van der Waals surface area contributed by atoms with Crippen molar-refractivity contribution < 1.29 is 18.7 Å². The molecule has 0 radical (unpaired) electrons. The zero-order valence-electron chi connectivity index (χ0n) is 13.8. The second-order valence-electron chi connectivity index (χ2n) is 5.66. The van der Waals surface area contributed by atoms with Crippen molar-refractivity contribution in [3.63, 3.8) is 0 Å². The Balaban J connectivity index is 1.75. The summed E-state index contributed by atoms with van der Waals surface area (Å²) in [6, 6.07) is 16.9. The first-order valence-corrected chi connectivity index (χ1v) is 8.29. The van der Waals surface area contributed by atoms with E-state index in [9.17, 15) is 14.0 Å². The molecule has 4 nitrogen and oxygen atoms in total. The second-order valence-corrected chi connectivity index (χ2v) is 6.07. The van der Waals surface area contributed by atoms with Crippen LogP contribution in [-0.2, 0) is 9.53 Å². The van der Waals surface area contributed by atoms with Crippen molar-refractivity contribution in [3.05, 3.63) is 77.1 Å². The van der Waals surface area contributed by atoms with E-state index in [0.29, 0.717) is 5.69 Å². The van der Waals surface area contributed by atoms with Crippen molar-refractivity contribution in [1.82, 2.24) is 0 Å². The number of ether oxygens (including phenoxy) is 1. The summed E-state index contributed by atoms with van der Waals surface area (Å²) in [6.45, 7) is 1.41. The molecular weight excluding hydrogens is 357 g/mol. The van der Waals surface area contributed by atoms with E-state index in [-0.39, 0.29) is 10.6 Å². The lowest BCUT2D eigenvalue weighted by molar-refractivity contribution is -0.123. The van der Waals surface area contributed by atoms with Crippen molar-refractivity contribution in [1.29, 1.82) is 0 Å². The molecule has 0 saturated heterocycles. The van der Waals surface area contributed by atoms with E-state index in [4.69, 9.17) is 16.3 Å². The molecule has 0 bridgehead atoms. The molecule has 3 aromatic carbocycles. The number of amides is 1. The fourth-order valence-corrected chi connectivity index (χ4v) is 2.77.